The Morgan fingerprint density at radius 2 is 1.79 bits per heavy atom. The van der Waals surface area contributed by atoms with Gasteiger partial charge in [-0.3, -0.25) is 4.79 Å². The minimum atomic E-state index is -3.41. The molecule has 1 aliphatic heterocycles. The second-order valence-corrected chi connectivity index (χ2v) is 9.32. The zero-order valence-corrected chi connectivity index (χ0v) is 18.2. The lowest BCUT2D eigenvalue weighted by atomic mass is 10.0. The number of carbonyl (C=O) groups excluding carboxylic acids is 1. The van der Waals surface area contributed by atoms with Crippen LogP contribution in [0.2, 0.25) is 0 Å². The fraction of sp³-hybridized carbons (Fsp3) is 0.650. The van der Waals surface area contributed by atoms with Crippen molar-refractivity contribution in [1.29, 1.82) is 0 Å². The quantitative estimate of drug-likeness (QED) is 0.632. The molecule has 1 aliphatic carbocycles. The minimum absolute atomic E-state index is 0. The maximum absolute atomic E-state index is 12.8. The molecule has 0 bridgehead atoms. The van der Waals surface area contributed by atoms with Gasteiger partial charge < -0.3 is 10.2 Å². The number of hydrogen-bond donors (Lipinski definition) is 2. The van der Waals surface area contributed by atoms with Gasteiger partial charge >= 0.3 is 0 Å². The average Bonchev–Trinajstić information content (AvgIpc) is 3.48. The van der Waals surface area contributed by atoms with Crippen molar-refractivity contribution in [2.75, 3.05) is 19.6 Å². The average molecular weight is 430 g/mol. The minimum Gasteiger partial charge on any atom is -0.340 e. The van der Waals surface area contributed by atoms with Gasteiger partial charge in [0.15, 0.2) is 0 Å². The zero-order valence-electron chi connectivity index (χ0n) is 16.5. The number of benzene rings is 1. The summed E-state index contributed by atoms with van der Waals surface area (Å²) in [5.41, 5.74) is 0.996. The first-order valence-corrected chi connectivity index (χ1v) is 11.6. The summed E-state index contributed by atoms with van der Waals surface area (Å²) in [5.74, 6) is 0.204. The SMILES string of the molecule is CCCN(C(=O)CCc1ccc(S(=O)(=O)NC2CC2)cc1)C1CCNCC1.Cl. The molecule has 1 saturated carbocycles. The normalized spacial score (nSPS) is 17.8. The molecule has 2 fully saturated rings. The molecule has 0 radical (unpaired) electrons. The molecule has 1 heterocycles. The molecule has 1 aromatic carbocycles. The standard InChI is InChI=1S/C20H31N3O3S.ClH/c1-2-15-23(18-11-13-21-14-12-18)20(24)10-5-16-3-8-19(9-4-16)27(25,26)22-17-6-7-17;/h3-4,8-9,17-18,21-22H,2,5-7,10-15H2,1H3;1H. The fourth-order valence-electron chi connectivity index (χ4n) is 3.59. The molecule has 2 N–H and O–H groups in total. The Kier molecular flexibility index (Phi) is 8.74. The van der Waals surface area contributed by atoms with Crippen LogP contribution in [0.5, 0.6) is 0 Å². The molecule has 2 aliphatic rings. The fourth-order valence-corrected chi connectivity index (χ4v) is 4.89. The molecule has 0 aromatic heterocycles. The van der Waals surface area contributed by atoms with E-state index in [1.807, 2.05) is 12.1 Å². The predicted molar refractivity (Wildman–Crippen MR) is 113 cm³/mol. The number of carbonyl (C=O) groups is 1. The molecular weight excluding hydrogens is 398 g/mol. The molecule has 1 aromatic rings. The Morgan fingerprint density at radius 1 is 1.14 bits per heavy atom. The summed E-state index contributed by atoms with van der Waals surface area (Å²) in [4.78, 5) is 15.1. The van der Waals surface area contributed by atoms with E-state index < -0.39 is 10.0 Å². The molecule has 6 nitrogen and oxygen atoms in total. The Hall–Kier alpha value is -1.15. The van der Waals surface area contributed by atoms with Crippen LogP contribution in [0.1, 0.15) is 51.0 Å². The first-order chi connectivity index (χ1) is 13.0. The third-order valence-corrected chi connectivity index (χ3v) is 6.83. The van der Waals surface area contributed by atoms with Crippen LogP contribution in [0.3, 0.4) is 0 Å². The van der Waals surface area contributed by atoms with Crippen molar-refractivity contribution in [3.8, 4) is 0 Å². The Bertz CT molecular complexity index is 730. The molecule has 0 unspecified atom stereocenters. The van der Waals surface area contributed by atoms with Gasteiger partial charge in [0.25, 0.3) is 0 Å². The number of amides is 1. The van der Waals surface area contributed by atoms with Gasteiger partial charge in [0.2, 0.25) is 15.9 Å². The summed E-state index contributed by atoms with van der Waals surface area (Å²) in [5, 5.41) is 3.35. The molecule has 3 rings (SSSR count). The van der Waals surface area contributed by atoms with Gasteiger partial charge in [-0.1, -0.05) is 19.1 Å². The third-order valence-electron chi connectivity index (χ3n) is 5.29. The number of nitrogens with one attached hydrogen (secondary N) is 2. The monoisotopic (exact) mass is 429 g/mol. The zero-order chi connectivity index (χ0) is 19.3. The molecule has 28 heavy (non-hydrogen) atoms. The smallest absolute Gasteiger partial charge is 0.240 e. The van der Waals surface area contributed by atoms with Crippen LogP contribution in [0.25, 0.3) is 0 Å². The van der Waals surface area contributed by atoms with Crippen LogP contribution >= 0.6 is 12.4 Å². The van der Waals surface area contributed by atoms with E-state index in [9.17, 15) is 13.2 Å². The van der Waals surface area contributed by atoms with Crippen LogP contribution < -0.4 is 10.0 Å². The number of nitrogens with zero attached hydrogens (tertiary/aromatic N) is 1. The Morgan fingerprint density at radius 3 is 2.36 bits per heavy atom. The second-order valence-electron chi connectivity index (χ2n) is 7.61. The van der Waals surface area contributed by atoms with Crippen LogP contribution in [-0.4, -0.2) is 50.9 Å². The van der Waals surface area contributed by atoms with E-state index >= 15 is 0 Å². The van der Waals surface area contributed by atoms with Crippen LogP contribution in [-0.2, 0) is 21.2 Å². The first kappa shape index (κ1) is 23.1. The van der Waals surface area contributed by atoms with Gasteiger partial charge in [-0.2, -0.15) is 0 Å². The molecule has 8 heteroatoms. The highest BCUT2D eigenvalue weighted by atomic mass is 35.5. The van der Waals surface area contributed by atoms with Gasteiger partial charge in [0, 0.05) is 25.0 Å². The molecule has 158 valence electrons. The van der Waals surface area contributed by atoms with Crippen LogP contribution in [0.15, 0.2) is 29.2 Å². The summed E-state index contributed by atoms with van der Waals surface area (Å²) >= 11 is 0. The number of halogens is 1. The highest BCUT2D eigenvalue weighted by molar-refractivity contribution is 7.89. The topological polar surface area (TPSA) is 78.5 Å². The second kappa shape index (κ2) is 10.6. The third kappa shape index (κ3) is 6.44. The highest BCUT2D eigenvalue weighted by Gasteiger charge is 2.28. The van der Waals surface area contributed by atoms with E-state index in [1.54, 1.807) is 12.1 Å². The van der Waals surface area contributed by atoms with Crippen molar-refractivity contribution >= 4 is 28.3 Å². The molecule has 0 atom stereocenters. The van der Waals surface area contributed by atoms with Gasteiger partial charge in [0.05, 0.1) is 4.90 Å². The lowest BCUT2D eigenvalue weighted by molar-refractivity contribution is -0.134. The lowest BCUT2D eigenvalue weighted by Gasteiger charge is -2.34. The number of rotatable bonds is 9. The molecular formula is C20H32ClN3O3S. The molecule has 1 saturated heterocycles. The summed E-state index contributed by atoms with van der Waals surface area (Å²) in [6, 6.07) is 7.38. The maximum Gasteiger partial charge on any atom is 0.240 e. The van der Waals surface area contributed by atoms with E-state index in [4.69, 9.17) is 0 Å². The van der Waals surface area contributed by atoms with Crippen molar-refractivity contribution < 1.29 is 13.2 Å². The Labute approximate surface area is 174 Å². The van der Waals surface area contributed by atoms with E-state index in [1.165, 1.54) is 0 Å². The van der Waals surface area contributed by atoms with Gasteiger partial charge in [-0.25, -0.2) is 13.1 Å². The maximum atomic E-state index is 12.8. The van der Waals surface area contributed by atoms with Crippen LogP contribution in [0, 0.1) is 0 Å². The number of piperidine rings is 1. The van der Waals surface area contributed by atoms with Gasteiger partial charge in [-0.05, 0) is 69.3 Å². The van der Waals surface area contributed by atoms with E-state index in [0.717, 1.165) is 57.3 Å². The predicted octanol–water partition coefficient (Wildman–Crippen LogP) is 2.47. The first-order valence-electron chi connectivity index (χ1n) is 10.1. The van der Waals surface area contributed by atoms with E-state index in [0.29, 0.717) is 23.8 Å². The van der Waals surface area contributed by atoms with Gasteiger partial charge in [-0.15, -0.1) is 12.4 Å². The summed E-state index contributed by atoms with van der Waals surface area (Å²) in [6.45, 7) is 4.87. The summed E-state index contributed by atoms with van der Waals surface area (Å²) in [6.07, 6.45) is 5.96. The lowest BCUT2D eigenvalue weighted by Crippen LogP contribution is -2.46. The number of aryl methyl sites for hydroxylation is 1. The summed E-state index contributed by atoms with van der Waals surface area (Å²) < 4.78 is 27.1. The van der Waals surface area contributed by atoms with Crippen molar-refractivity contribution in [2.45, 2.75) is 68.8 Å². The van der Waals surface area contributed by atoms with E-state index in [-0.39, 0.29) is 24.4 Å². The Balaban J connectivity index is 0.00000280. The highest BCUT2D eigenvalue weighted by Crippen LogP contribution is 2.22. The van der Waals surface area contributed by atoms with Crippen molar-refractivity contribution in [2.24, 2.45) is 0 Å². The number of sulfonamides is 1. The summed E-state index contributed by atoms with van der Waals surface area (Å²) in [7, 11) is -3.41. The van der Waals surface area contributed by atoms with Crippen molar-refractivity contribution in [1.82, 2.24) is 14.9 Å². The van der Waals surface area contributed by atoms with E-state index in [2.05, 4.69) is 21.9 Å². The molecule has 0 spiro atoms. The van der Waals surface area contributed by atoms with Gasteiger partial charge in [0.1, 0.15) is 0 Å². The number of hydrogen-bond acceptors (Lipinski definition) is 4. The van der Waals surface area contributed by atoms with Crippen molar-refractivity contribution in [3.63, 3.8) is 0 Å². The van der Waals surface area contributed by atoms with Crippen molar-refractivity contribution in [3.05, 3.63) is 29.8 Å². The largest absolute Gasteiger partial charge is 0.340 e. The van der Waals surface area contributed by atoms with Crippen LogP contribution in [0.4, 0.5) is 0 Å². The molecule has 1 amide bonds.